The van der Waals surface area contributed by atoms with Gasteiger partial charge in [-0.1, -0.05) is 40.7 Å². The summed E-state index contributed by atoms with van der Waals surface area (Å²) in [4.78, 5) is 71.8. The predicted octanol–water partition coefficient (Wildman–Crippen LogP) is 3.29. The van der Waals surface area contributed by atoms with Gasteiger partial charge in [-0.05, 0) is 47.6 Å². The van der Waals surface area contributed by atoms with Crippen molar-refractivity contribution in [1.29, 1.82) is 0 Å². The molecule has 3 N–H and O–H groups in total. The van der Waals surface area contributed by atoms with Gasteiger partial charge in [-0.3, -0.25) is 19.2 Å². The zero-order valence-corrected chi connectivity index (χ0v) is 26.4. The minimum absolute atomic E-state index is 0.0291. The van der Waals surface area contributed by atoms with Crippen molar-refractivity contribution in [2.45, 2.75) is 71.8 Å². The Labute approximate surface area is 263 Å². The molecule has 2 saturated heterocycles. The highest BCUT2D eigenvalue weighted by atomic mass is 19.4. The monoisotopic (exact) mass is 649 g/mol. The first-order valence-corrected chi connectivity index (χ1v) is 15.1. The fraction of sp³-hybridized carbons (Fsp3) is 0.613. The Morgan fingerprint density at radius 1 is 1.17 bits per heavy atom. The van der Waals surface area contributed by atoms with Crippen molar-refractivity contribution in [1.82, 2.24) is 25.8 Å². The van der Waals surface area contributed by atoms with Crippen LogP contribution in [0.25, 0.3) is 11.1 Å². The lowest BCUT2D eigenvalue weighted by Crippen LogP contribution is -2.60. The van der Waals surface area contributed by atoms with E-state index >= 15 is 0 Å². The number of oxazole rings is 1. The number of aromatic nitrogens is 1. The molecule has 46 heavy (non-hydrogen) atoms. The highest BCUT2D eigenvalue weighted by Gasteiger charge is 2.70. The lowest BCUT2D eigenvalue weighted by molar-refractivity contribution is -0.144. The average molecular weight is 650 g/mol. The first-order chi connectivity index (χ1) is 21.4. The summed E-state index contributed by atoms with van der Waals surface area (Å²) < 4.78 is 51.1. The number of hydrogen-bond donors (Lipinski definition) is 3. The number of Topliss-reactive ketones (excluding diaryl/α,β-unsaturated/α-hetero) is 1. The zero-order valence-electron chi connectivity index (χ0n) is 26.4. The van der Waals surface area contributed by atoms with E-state index in [1.807, 2.05) is 13.8 Å². The summed E-state index contributed by atoms with van der Waals surface area (Å²) in [6.07, 6.45) is -5.35. The third kappa shape index (κ3) is 6.03. The van der Waals surface area contributed by atoms with Crippen molar-refractivity contribution in [2.75, 3.05) is 20.2 Å². The van der Waals surface area contributed by atoms with E-state index in [0.717, 1.165) is 12.1 Å². The number of carbonyl (C=O) groups excluding carboxylic acids is 5. The number of benzene rings is 1. The SMILES string of the molecule is COC(=O)N[C@H](C(=O)N1C[C@H]2[C@@H]([C@H]1C(=O)N[C@@H](C[C@@H]1CCNC1=O)C(=O)c1nc3c(C(F)(F)F)cccc3o1)C2(C)C)C(C)(C)C. The van der Waals surface area contributed by atoms with Crippen LogP contribution in [0.15, 0.2) is 22.6 Å². The summed E-state index contributed by atoms with van der Waals surface area (Å²) in [6.45, 7) is 9.81. The number of amides is 4. The second-order valence-corrected chi connectivity index (χ2v) is 13.9. The molecule has 1 aromatic heterocycles. The van der Waals surface area contributed by atoms with Crippen LogP contribution in [-0.4, -0.2) is 77.8 Å². The number of piperidine rings is 1. The summed E-state index contributed by atoms with van der Waals surface area (Å²) in [5.41, 5.74) is -2.96. The summed E-state index contributed by atoms with van der Waals surface area (Å²) in [5, 5.41) is 7.95. The van der Waals surface area contributed by atoms with Crippen LogP contribution >= 0.6 is 0 Å². The molecule has 0 unspecified atom stereocenters. The van der Waals surface area contributed by atoms with Gasteiger partial charge in [0, 0.05) is 19.0 Å². The maximum atomic E-state index is 14.1. The normalized spacial score (nSPS) is 25.0. The molecule has 3 heterocycles. The van der Waals surface area contributed by atoms with Crippen LogP contribution in [0.1, 0.15) is 63.7 Å². The predicted molar refractivity (Wildman–Crippen MR) is 156 cm³/mol. The largest absolute Gasteiger partial charge is 0.453 e. The van der Waals surface area contributed by atoms with Crippen molar-refractivity contribution < 1.29 is 46.3 Å². The number of alkyl halides is 3. The van der Waals surface area contributed by atoms with E-state index < -0.39 is 76.3 Å². The van der Waals surface area contributed by atoms with Gasteiger partial charge in [-0.2, -0.15) is 13.2 Å². The lowest BCUT2D eigenvalue weighted by atomic mass is 9.85. The van der Waals surface area contributed by atoms with Gasteiger partial charge in [0.1, 0.15) is 17.6 Å². The van der Waals surface area contributed by atoms with Crippen LogP contribution in [0, 0.1) is 28.6 Å². The van der Waals surface area contributed by atoms with Crippen molar-refractivity contribution in [3.8, 4) is 0 Å². The summed E-state index contributed by atoms with van der Waals surface area (Å²) in [7, 11) is 1.17. The van der Waals surface area contributed by atoms with Gasteiger partial charge in [-0.15, -0.1) is 0 Å². The zero-order chi connectivity index (χ0) is 33.9. The number of alkyl carbamates (subject to hydrolysis) is 1. The van der Waals surface area contributed by atoms with Crippen molar-refractivity contribution in [3.63, 3.8) is 0 Å². The Morgan fingerprint density at radius 2 is 1.87 bits per heavy atom. The van der Waals surface area contributed by atoms with Gasteiger partial charge in [0.2, 0.25) is 23.5 Å². The van der Waals surface area contributed by atoms with Gasteiger partial charge in [-0.25, -0.2) is 9.78 Å². The lowest BCUT2D eigenvalue weighted by Gasteiger charge is -2.37. The van der Waals surface area contributed by atoms with Gasteiger partial charge in [0.25, 0.3) is 5.89 Å². The smallest absolute Gasteiger partial charge is 0.418 e. The molecule has 2 aliphatic heterocycles. The topological polar surface area (TPSA) is 160 Å². The number of carbonyl (C=O) groups is 5. The number of nitrogens with zero attached hydrogens (tertiary/aromatic N) is 2. The molecule has 0 bridgehead atoms. The molecule has 2 aromatic rings. The maximum Gasteiger partial charge on any atom is 0.418 e. The van der Waals surface area contributed by atoms with Crippen LogP contribution in [0.3, 0.4) is 0 Å². The third-order valence-electron chi connectivity index (χ3n) is 9.57. The number of rotatable bonds is 8. The highest BCUT2D eigenvalue weighted by molar-refractivity contribution is 6.02. The Hall–Kier alpha value is -4.17. The molecular formula is C31H38F3N5O7. The van der Waals surface area contributed by atoms with E-state index in [1.54, 1.807) is 20.8 Å². The first kappa shape index (κ1) is 33.2. The minimum Gasteiger partial charge on any atom is -0.453 e. The standard InChI is InChI=1S/C31H38F3N5O7/c1-29(2,3)23(38-28(44)45-6)27(43)39-13-16-19(30(16,4)5)21(39)25(42)36-17(12-14-10-11-35-24(14)41)22(40)26-37-20-15(31(32,33)34)8-7-9-18(20)46-26/h7-9,14,16-17,19,21,23H,10-13H2,1-6H3,(H,35,41)(H,36,42)(H,38,44)/t14-,16-,17-,19-,21-,23+/m0/s1. The highest BCUT2D eigenvalue weighted by Crippen LogP contribution is 2.65. The van der Waals surface area contributed by atoms with Crippen LogP contribution in [0.5, 0.6) is 0 Å². The molecule has 1 aromatic carbocycles. The number of hydrogen-bond acceptors (Lipinski definition) is 8. The Balaban J connectivity index is 1.46. The average Bonchev–Trinajstić information content (AvgIpc) is 3.48. The van der Waals surface area contributed by atoms with E-state index in [2.05, 4.69) is 20.9 Å². The number of fused-ring (bicyclic) bond motifs is 2. The van der Waals surface area contributed by atoms with Crippen LogP contribution in [-0.2, 0) is 25.3 Å². The molecule has 5 rings (SSSR count). The Morgan fingerprint density at radius 3 is 2.46 bits per heavy atom. The Kier molecular flexibility index (Phi) is 8.35. The molecule has 0 spiro atoms. The van der Waals surface area contributed by atoms with Gasteiger partial charge in [0.05, 0.1) is 18.7 Å². The third-order valence-corrected chi connectivity index (χ3v) is 9.57. The number of ketones is 1. The summed E-state index contributed by atoms with van der Waals surface area (Å²) in [5.74, 6) is -4.00. The van der Waals surface area contributed by atoms with Gasteiger partial charge >= 0.3 is 12.3 Å². The number of para-hydroxylation sites is 1. The molecule has 1 aliphatic carbocycles. The fourth-order valence-corrected chi connectivity index (χ4v) is 6.88. The molecule has 3 aliphatic rings. The van der Waals surface area contributed by atoms with E-state index in [9.17, 15) is 37.1 Å². The summed E-state index contributed by atoms with van der Waals surface area (Å²) in [6, 6.07) is -0.263. The summed E-state index contributed by atoms with van der Waals surface area (Å²) >= 11 is 0. The van der Waals surface area contributed by atoms with Crippen molar-refractivity contribution >= 4 is 40.7 Å². The molecule has 15 heteroatoms. The number of likely N-dealkylation sites (tertiary alicyclic amines) is 1. The molecule has 0 radical (unpaired) electrons. The molecule has 4 amide bonds. The van der Waals surface area contributed by atoms with Crippen LogP contribution in [0.2, 0.25) is 0 Å². The van der Waals surface area contributed by atoms with Gasteiger partial charge in [0.15, 0.2) is 5.58 Å². The number of ether oxygens (including phenoxy) is 1. The van der Waals surface area contributed by atoms with Crippen LogP contribution < -0.4 is 16.0 Å². The Bertz CT molecular complexity index is 1580. The van der Waals surface area contributed by atoms with Gasteiger partial charge < -0.3 is 30.0 Å². The molecule has 250 valence electrons. The van der Waals surface area contributed by atoms with E-state index in [4.69, 9.17) is 9.15 Å². The molecule has 6 atom stereocenters. The number of halogens is 3. The van der Waals surface area contributed by atoms with Crippen LogP contribution in [0.4, 0.5) is 18.0 Å². The van der Waals surface area contributed by atoms with E-state index in [0.29, 0.717) is 13.0 Å². The second kappa shape index (κ2) is 11.6. The quantitative estimate of drug-likeness (QED) is 0.368. The van der Waals surface area contributed by atoms with E-state index in [-0.39, 0.29) is 41.7 Å². The molecule has 1 saturated carbocycles. The molecular weight excluding hydrogens is 611 g/mol. The fourth-order valence-electron chi connectivity index (χ4n) is 6.88. The van der Waals surface area contributed by atoms with Crippen molar-refractivity contribution in [2.24, 2.45) is 28.6 Å². The maximum absolute atomic E-state index is 14.1. The second-order valence-electron chi connectivity index (χ2n) is 13.9. The molecule has 12 nitrogen and oxygen atoms in total. The molecule has 3 fully saturated rings. The first-order valence-electron chi connectivity index (χ1n) is 15.1. The van der Waals surface area contributed by atoms with Crippen molar-refractivity contribution in [3.05, 3.63) is 29.7 Å². The minimum atomic E-state index is -4.76. The number of methoxy groups -OCH3 is 1. The van der Waals surface area contributed by atoms with E-state index in [1.165, 1.54) is 18.1 Å². The number of nitrogens with one attached hydrogen (secondary N) is 3.